The van der Waals surface area contributed by atoms with Gasteiger partial charge < -0.3 is 4.90 Å². The van der Waals surface area contributed by atoms with E-state index < -0.39 is 0 Å². The quantitative estimate of drug-likeness (QED) is 0.768. The number of rotatable bonds is 1. The lowest BCUT2D eigenvalue weighted by molar-refractivity contribution is 0.0654. The number of fused-ring (bicyclic) bond motifs is 1. The SMILES string of the molecule is CC1(C)CCCN1C(=O)c1ccc(F)c2ccccc12. The van der Waals surface area contributed by atoms with Gasteiger partial charge in [0.15, 0.2) is 0 Å². The van der Waals surface area contributed by atoms with Gasteiger partial charge in [-0.15, -0.1) is 0 Å². The Hall–Kier alpha value is -1.90. The second-order valence-electron chi connectivity index (χ2n) is 6.01. The van der Waals surface area contributed by atoms with Crippen molar-refractivity contribution in [3.05, 3.63) is 47.8 Å². The fourth-order valence-electron chi connectivity index (χ4n) is 3.08. The standard InChI is InChI=1S/C17H18FNO/c1-17(2)10-5-11-19(17)16(20)14-8-9-15(18)13-7-4-3-6-12(13)14/h3-4,6-9H,5,10-11H2,1-2H3. The summed E-state index contributed by atoms with van der Waals surface area (Å²) >= 11 is 0. The summed E-state index contributed by atoms with van der Waals surface area (Å²) in [6.07, 6.45) is 2.04. The second-order valence-corrected chi connectivity index (χ2v) is 6.01. The summed E-state index contributed by atoms with van der Waals surface area (Å²) in [5, 5.41) is 1.20. The van der Waals surface area contributed by atoms with Crippen LogP contribution in [0, 0.1) is 5.82 Å². The molecule has 0 radical (unpaired) electrons. The highest BCUT2D eigenvalue weighted by Gasteiger charge is 2.36. The van der Waals surface area contributed by atoms with Crippen LogP contribution in [-0.2, 0) is 0 Å². The van der Waals surface area contributed by atoms with Crippen molar-refractivity contribution >= 4 is 16.7 Å². The van der Waals surface area contributed by atoms with Gasteiger partial charge in [-0.2, -0.15) is 0 Å². The summed E-state index contributed by atoms with van der Waals surface area (Å²) in [6.45, 7) is 4.95. The Balaban J connectivity index is 2.11. The largest absolute Gasteiger partial charge is 0.334 e. The summed E-state index contributed by atoms with van der Waals surface area (Å²) in [5.41, 5.74) is 0.476. The van der Waals surface area contributed by atoms with Gasteiger partial charge in [-0.1, -0.05) is 24.3 Å². The van der Waals surface area contributed by atoms with Crippen LogP contribution >= 0.6 is 0 Å². The third-order valence-electron chi connectivity index (χ3n) is 4.25. The molecule has 0 aliphatic carbocycles. The summed E-state index contributed by atoms with van der Waals surface area (Å²) < 4.78 is 13.8. The first-order valence-corrected chi connectivity index (χ1v) is 7.00. The fraction of sp³-hybridized carbons (Fsp3) is 0.353. The Kier molecular flexibility index (Phi) is 3.00. The molecule has 0 bridgehead atoms. The molecular formula is C17H18FNO. The Bertz CT molecular complexity index is 678. The number of likely N-dealkylation sites (tertiary alicyclic amines) is 1. The Morgan fingerprint density at radius 2 is 1.85 bits per heavy atom. The van der Waals surface area contributed by atoms with Gasteiger partial charge in [0.25, 0.3) is 5.91 Å². The van der Waals surface area contributed by atoms with E-state index >= 15 is 0 Å². The lowest BCUT2D eigenvalue weighted by Gasteiger charge is -2.32. The van der Waals surface area contributed by atoms with Gasteiger partial charge in [-0.25, -0.2) is 4.39 Å². The second kappa shape index (κ2) is 4.58. The third kappa shape index (κ3) is 1.98. The Labute approximate surface area is 118 Å². The number of benzene rings is 2. The highest BCUT2D eigenvalue weighted by atomic mass is 19.1. The first-order valence-electron chi connectivity index (χ1n) is 7.00. The monoisotopic (exact) mass is 271 g/mol. The van der Waals surface area contributed by atoms with Gasteiger partial charge in [0.05, 0.1) is 0 Å². The summed E-state index contributed by atoms with van der Waals surface area (Å²) in [4.78, 5) is 14.7. The zero-order valence-corrected chi connectivity index (χ0v) is 11.8. The molecule has 1 aliphatic rings. The molecule has 0 saturated carbocycles. The third-order valence-corrected chi connectivity index (χ3v) is 4.25. The van der Waals surface area contributed by atoms with Gasteiger partial charge >= 0.3 is 0 Å². The van der Waals surface area contributed by atoms with Crippen molar-refractivity contribution in [2.45, 2.75) is 32.2 Å². The minimum Gasteiger partial charge on any atom is -0.334 e. The number of nitrogens with zero attached hydrogens (tertiary/aromatic N) is 1. The van der Waals surface area contributed by atoms with Gasteiger partial charge in [-0.3, -0.25) is 4.79 Å². The first kappa shape index (κ1) is 13.1. The van der Waals surface area contributed by atoms with Crippen molar-refractivity contribution in [2.24, 2.45) is 0 Å². The lowest BCUT2D eigenvalue weighted by Crippen LogP contribution is -2.42. The molecule has 1 heterocycles. The Morgan fingerprint density at radius 1 is 1.15 bits per heavy atom. The van der Waals surface area contributed by atoms with E-state index in [0.717, 1.165) is 19.4 Å². The average molecular weight is 271 g/mol. The van der Waals surface area contributed by atoms with Gasteiger partial charge in [0, 0.05) is 23.0 Å². The molecule has 2 aromatic carbocycles. The molecule has 3 heteroatoms. The van der Waals surface area contributed by atoms with E-state index in [0.29, 0.717) is 16.3 Å². The first-order chi connectivity index (χ1) is 9.50. The number of hydrogen-bond donors (Lipinski definition) is 0. The van der Waals surface area contributed by atoms with Crippen molar-refractivity contribution in [1.82, 2.24) is 4.90 Å². The number of carbonyl (C=O) groups excluding carboxylic acids is 1. The van der Waals surface area contributed by atoms with Crippen LogP contribution in [0.25, 0.3) is 10.8 Å². The van der Waals surface area contributed by atoms with Gasteiger partial charge in [0.2, 0.25) is 0 Å². The smallest absolute Gasteiger partial charge is 0.254 e. The minimum absolute atomic E-state index is 0.00343. The van der Waals surface area contributed by atoms with Crippen LogP contribution in [0.3, 0.4) is 0 Å². The summed E-state index contributed by atoms with van der Waals surface area (Å²) in [6, 6.07) is 10.2. The molecule has 1 fully saturated rings. The summed E-state index contributed by atoms with van der Waals surface area (Å²) in [5.74, 6) is -0.276. The van der Waals surface area contributed by atoms with Crippen molar-refractivity contribution < 1.29 is 9.18 Å². The molecule has 3 rings (SSSR count). The molecule has 0 spiro atoms. The summed E-state index contributed by atoms with van der Waals surface area (Å²) in [7, 11) is 0. The molecule has 2 nitrogen and oxygen atoms in total. The molecule has 2 aromatic rings. The number of carbonyl (C=O) groups is 1. The molecule has 0 aromatic heterocycles. The highest BCUT2D eigenvalue weighted by Crippen LogP contribution is 2.31. The van der Waals surface area contributed by atoms with Crippen LogP contribution in [-0.4, -0.2) is 22.9 Å². The van der Waals surface area contributed by atoms with Crippen LogP contribution in [0.2, 0.25) is 0 Å². The number of hydrogen-bond acceptors (Lipinski definition) is 1. The van der Waals surface area contributed by atoms with Crippen molar-refractivity contribution in [2.75, 3.05) is 6.54 Å². The fourth-order valence-corrected chi connectivity index (χ4v) is 3.08. The van der Waals surface area contributed by atoms with Crippen LogP contribution < -0.4 is 0 Å². The van der Waals surface area contributed by atoms with Crippen LogP contribution in [0.1, 0.15) is 37.0 Å². The Morgan fingerprint density at radius 3 is 2.50 bits per heavy atom. The topological polar surface area (TPSA) is 20.3 Å². The molecule has 1 aliphatic heterocycles. The number of amides is 1. The normalized spacial score (nSPS) is 17.6. The molecule has 20 heavy (non-hydrogen) atoms. The molecule has 104 valence electrons. The van der Waals surface area contributed by atoms with Crippen molar-refractivity contribution in [3.63, 3.8) is 0 Å². The van der Waals surface area contributed by atoms with E-state index in [1.54, 1.807) is 18.2 Å². The van der Waals surface area contributed by atoms with Crippen molar-refractivity contribution in [1.29, 1.82) is 0 Å². The highest BCUT2D eigenvalue weighted by molar-refractivity contribution is 6.07. The maximum absolute atomic E-state index is 13.8. The molecule has 0 unspecified atom stereocenters. The van der Waals surface area contributed by atoms with Crippen molar-refractivity contribution in [3.8, 4) is 0 Å². The maximum Gasteiger partial charge on any atom is 0.254 e. The molecule has 0 N–H and O–H groups in total. The average Bonchev–Trinajstić information content (AvgIpc) is 2.78. The van der Waals surface area contributed by atoms with E-state index in [9.17, 15) is 9.18 Å². The van der Waals surface area contributed by atoms with Crippen LogP contribution in [0.15, 0.2) is 36.4 Å². The van der Waals surface area contributed by atoms with E-state index in [4.69, 9.17) is 0 Å². The molecule has 1 amide bonds. The number of halogens is 1. The van der Waals surface area contributed by atoms with E-state index in [2.05, 4.69) is 13.8 Å². The van der Waals surface area contributed by atoms with Gasteiger partial charge in [0.1, 0.15) is 5.82 Å². The van der Waals surface area contributed by atoms with E-state index in [1.165, 1.54) is 6.07 Å². The maximum atomic E-state index is 13.8. The van der Waals surface area contributed by atoms with E-state index in [-0.39, 0.29) is 17.3 Å². The van der Waals surface area contributed by atoms with Crippen LogP contribution in [0.4, 0.5) is 4.39 Å². The van der Waals surface area contributed by atoms with Crippen LogP contribution in [0.5, 0.6) is 0 Å². The minimum atomic E-state index is -0.280. The van der Waals surface area contributed by atoms with Gasteiger partial charge in [-0.05, 0) is 44.2 Å². The predicted molar refractivity (Wildman–Crippen MR) is 78.3 cm³/mol. The lowest BCUT2D eigenvalue weighted by atomic mass is 9.99. The van der Waals surface area contributed by atoms with E-state index in [1.807, 2.05) is 17.0 Å². The molecule has 1 saturated heterocycles. The molecule has 0 atom stereocenters. The molecular weight excluding hydrogens is 253 g/mol. The predicted octanol–water partition coefficient (Wildman–Crippen LogP) is 3.99. The zero-order chi connectivity index (χ0) is 14.3. The zero-order valence-electron chi connectivity index (χ0n) is 11.8.